The zero-order valence-corrected chi connectivity index (χ0v) is 21.2. The van der Waals surface area contributed by atoms with E-state index < -0.39 is 6.36 Å². The number of benzene rings is 1. The van der Waals surface area contributed by atoms with E-state index in [1.54, 1.807) is 11.1 Å². The molecule has 1 aliphatic carbocycles. The van der Waals surface area contributed by atoms with E-state index in [4.69, 9.17) is 4.99 Å². The third-order valence-corrected chi connectivity index (χ3v) is 6.61. The van der Waals surface area contributed by atoms with E-state index in [1.165, 1.54) is 23.8 Å². The Balaban J connectivity index is 0.00000167. The molecule has 1 aromatic rings. The highest BCUT2D eigenvalue weighted by Crippen LogP contribution is 2.41. The molecule has 0 spiro atoms. The van der Waals surface area contributed by atoms with Gasteiger partial charge in [0.1, 0.15) is 11.6 Å². The number of likely N-dealkylation sites (tertiary alicyclic amines) is 1. The molecular weight excluding hydrogens is 453 g/mol. The summed E-state index contributed by atoms with van der Waals surface area (Å²) in [7, 11) is 2.14. The van der Waals surface area contributed by atoms with Crippen LogP contribution >= 0.6 is 0 Å². The Bertz CT molecular complexity index is 990. The van der Waals surface area contributed by atoms with Gasteiger partial charge in [-0.25, -0.2) is 0 Å². The summed E-state index contributed by atoms with van der Waals surface area (Å²) >= 11 is 0. The van der Waals surface area contributed by atoms with Crippen LogP contribution in [0.25, 0.3) is 5.70 Å². The molecule has 0 bridgehead atoms. The minimum absolute atomic E-state index is 0.283. The first-order valence-corrected chi connectivity index (χ1v) is 12.4. The van der Waals surface area contributed by atoms with E-state index in [9.17, 15) is 13.2 Å². The maximum Gasteiger partial charge on any atom is 0.573 e. The van der Waals surface area contributed by atoms with Crippen molar-refractivity contribution in [1.29, 1.82) is 0 Å². The minimum Gasteiger partial charge on any atom is -0.406 e. The van der Waals surface area contributed by atoms with Crippen LogP contribution in [0.4, 0.5) is 13.2 Å². The van der Waals surface area contributed by atoms with Gasteiger partial charge in [0.25, 0.3) is 0 Å². The molecule has 1 fully saturated rings. The van der Waals surface area contributed by atoms with Crippen LogP contribution in [0.3, 0.4) is 0 Å². The molecule has 1 aromatic carbocycles. The Morgan fingerprint density at radius 1 is 1.17 bits per heavy atom. The fourth-order valence-electron chi connectivity index (χ4n) is 4.75. The predicted molar refractivity (Wildman–Crippen MR) is 136 cm³/mol. The molecule has 1 N–H and O–H groups in total. The molecule has 4 rings (SSSR count). The van der Waals surface area contributed by atoms with Crippen molar-refractivity contribution in [3.05, 3.63) is 59.8 Å². The maximum atomic E-state index is 12.7. The van der Waals surface area contributed by atoms with Gasteiger partial charge in [0.05, 0.1) is 11.4 Å². The number of ether oxygens (including phenoxy) is 1. The number of nitrogens with one attached hydrogen (secondary N) is 1. The van der Waals surface area contributed by atoms with Crippen molar-refractivity contribution >= 4 is 11.5 Å². The second-order valence-electron chi connectivity index (χ2n) is 9.32. The Labute approximate surface area is 207 Å². The summed E-state index contributed by atoms with van der Waals surface area (Å²) in [6.45, 7) is 17.5. The first kappa shape index (κ1) is 26.9. The zero-order valence-electron chi connectivity index (χ0n) is 21.2. The van der Waals surface area contributed by atoms with Gasteiger partial charge in [-0.2, -0.15) is 0 Å². The number of allylic oxidation sites excluding steroid dienone is 1. The Morgan fingerprint density at radius 2 is 1.83 bits per heavy atom. The first-order chi connectivity index (χ1) is 16.6. The summed E-state index contributed by atoms with van der Waals surface area (Å²) in [6.07, 6.45) is -0.664. The van der Waals surface area contributed by atoms with Crippen molar-refractivity contribution in [2.45, 2.75) is 52.8 Å². The molecule has 0 aromatic heterocycles. The number of amidine groups is 1. The minimum atomic E-state index is -4.75. The molecule has 0 saturated carbocycles. The van der Waals surface area contributed by atoms with Crippen molar-refractivity contribution in [3.8, 4) is 5.75 Å². The number of hydrogen-bond acceptors (Lipinski definition) is 4. The summed E-state index contributed by atoms with van der Waals surface area (Å²) in [5, 5.41) is 1.75. The molecule has 8 heteroatoms. The molecule has 2 aliphatic heterocycles. The van der Waals surface area contributed by atoms with Gasteiger partial charge in [0.2, 0.25) is 0 Å². The molecule has 192 valence electrons. The van der Waals surface area contributed by atoms with Gasteiger partial charge in [-0.15, -0.1) is 13.2 Å². The molecule has 1 atom stereocenters. The summed E-state index contributed by atoms with van der Waals surface area (Å²) in [5.41, 5.74) is 7.47. The summed E-state index contributed by atoms with van der Waals surface area (Å²) in [4.78, 5) is 7.31. The monoisotopic (exact) mass is 490 g/mol. The third kappa shape index (κ3) is 6.69. The van der Waals surface area contributed by atoms with Gasteiger partial charge < -0.3 is 9.64 Å². The second-order valence-corrected chi connectivity index (χ2v) is 9.32. The standard InChI is InChI=1S/C25H31F3N4O.C2H6/c1-16-12-22-18(3)32(17(2)20-6-5-7-21(14-20)33-25(26,27)28)30-24(23(22)13-16)29-15-19-8-10-31(4)11-9-19;1-2/h5-7,14,16,19H,2-3,8-13,15H2,1,4H3,(H,29,30);1-2H3. The number of hydrogen-bond donors (Lipinski definition) is 1. The summed E-state index contributed by atoms with van der Waals surface area (Å²) in [6, 6.07) is 5.83. The van der Waals surface area contributed by atoms with E-state index in [0.717, 1.165) is 62.4 Å². The number of alkyl halides is 3. The summed E-state index contributed by atoms with van der Waals surface area (Å²) in [5.74, 6) is 1.58. The lowest BCUT2D eigenvalue weighted by molar-refractivity contribution is -0.274. The van der Waals surface area contributed by atoms with Gasteiger partial charge in [0.15, 0.2) is 0 Å². The van der Waals surface area contributed by atoms with Crippen LogP contribution < -0.4 is 10.2 Å². The zero-order chi connectivity index (χ0) is 25.8. The Kier molecular flexibility index (Phi) is 8.70. The number of halogens is 3. The van der Waals surface area contributed by atoms with Crippen molar-refractivity contribution in [3.63, 3.8) is 0 Å². The van der Waals surface area contributed by atoms with E-state index >= 15 is 0 Å². The highest BCUT2D eigenvalue weighted by Gasteiger charge is 2.35. The van der Waals surface area contributed by atoms with Crippen molar-refractivity contribution in [2.75, 3.05) is 26.7 Å². The lowest BCUT2D eigenvalue weighted by atomic mass is 9.97. The second kappa shape index (κ2) is 11.3. The van der Waals surface area contributed by atoms with Crippen LogP contribution in [0.5, 0.6) is 5.75 Å². The number of aliphatic imine (C=N–C) groups is 1. The predicted octanol–water partition coefficient (Wildman–Crippen LogP) is 6.38. The fourth-order valence-corrected chi connectivity index (χ4v) is 4.75. The van der Waals surface area contributed by atoms with E-state index in [2.05, 4.69) is 42.2 Å². The molecular formula is C27H37F3N4O. The van der Waals surface area contributed by atoms with Crippen LogP contribution in [-0.4, -0.2) is 48.8 Å². The largest absolute Gasteiger partial charge is 0.573 e. The fraction of sp³-hybridized carbons (Fsp3) is 0.519. The molecule has 0 amide bonds. The van der Waals surface area contributed by atoms with Crippen LogP contribution in [0.1, 0.15) is 52.0 Å². The molecule has 2 heterocycles. The topological polar surface area (TPSA) is 40.1 Å². The average Bonchev–Trinajstić information content (AvgIpc) is 3.22. The van der Waals surface area contributed by atoms with Crippen LogP contribution in [0.2, 0.25) is 0 Å². The smallest absolute Gasteiger partial charge is 0.406 e. The van der Waals surface area contributed by atoms with E-state index in [0.29, 0.717) is 23.1 Å². The number of nitrogens with zero attached hydrogens (tertiary/aromatic N) is 3. The molecule has 3 aliphatic rings. The van der Waals surface area contributed by atoms with Crippen molar-refractivity contribution in [2.24, 2.45) is 16.8 Å². The van der Waals surface area contributed by atoms with E-state index in [1.807, 2.05) is 13.8 Å². The molecule has 1 unspecified atom stereocenters. The SMILES string of the molecule is C=C1C2=C(CC(C)C2)C(=NCC2CCN(C)CC2)NN1C(=C)c1cccc(OC(F)(F)F)c1.CC. The van der Waals surface area contributed by atoms with Crippen molar-refractivity contribution < 1.29 is 17.9 Å². The highest BCUT2D eigenvalue weighted by molar-refractivity contribution is 6.02. The highest BCUT2D eigenvalue weighted by atomic mass is 19.4. The number of piperidine rings is 1. The van der Waals surface area contributed by atoms with Crippen molar-refractivity contribution in [1.82, 2.24) is 15.3 Å². The molecule has 35 heavy (non-hydrogen) atoms. The van der Waals surface area contributed by atoms with Gasteiger partial charge in [-0.05, 0) is 75.4 Å². The third-order valence-electron chi connectivity index (χ3n) is 6.61. The Morgan fingerprint density at radius 3 is 2.49 bits per heavy atom. The molecule has 1 saturated heterocycles. The number of hydrazine groups is 1. The number of rotatable bonds is 5. The first-order valence-electron chi connectivity index (χ1n) is 12.4. The van der Waals surface area contributed by atoms with Crippen LogP contribution in [0.15, 0.2) is 59.3 Å². The normalized spacial score (nSPS) is 22.5. The van der Waals surface area contributed by atoms with Crippen LogP contribution in [0, 0.1) is 11.8 Å². The van der Waals surface area contributed by atoms with Gasteiger partial charge >= 0.3 is 6.36 Å². The average molecular weight is 491 g/mol. The van der Waals surface area contributed by atoms with Gasteiger partial charge in [-0.1, -0.05) is 46.1 Å². The Hall–Kier alpha value is -2.74. The molecule has 0 radical (unpaired) electrons. The summed E-state index contributed by atoms with van der Waals surface area (Å²) < 4.78 is 42.1. The van der Waals surface area contributed by atoms with Gasteiger partial charge in [0, 0.05) is 17.7 Å². The lowest BCUT2D eigenvalue weighted by Crippen LogP contribution is -2.45. The van der Waals surface area contributed by atoms with Crippen LogP contribution in [-0.2, 0) is 0 Å². The molecule has 5 nitrogen and oxygen atoms in total. The van der Waals surface area contributed by atoms with Gasteiger partial charge in [-0.3, -0.25) is 15.4 Å². The van der Waals surface area contributed by atoms with E-state index in [-0.39, 0.29) is 5.75 Å². The quantitative estimate of drug-likeness (QED) is 0.520. The maximum absolute atomic E-state index is 12.7. The lowest BCUT2D eigenvalue weighted by Gasteiger charge is -2.36.